The zero-order chi connectivity index (χ0) is 10.6. The second-order valence-electron chi connectivity index (χ2n) is 2.87. The lowest BCUT2D eigenvalue weighted by Crippen LogP contribution is -2.35. The largest absolute Gasteiger partial charge is 0.388 e. The average molecular weight is 240 g/mol. The molecule has 0 amide bonds. The highest BCUT2D eigenvalue weighted by Gasteiger charge is 2.33. The van der Waals surface area contributed by atoms with Crippen molar-refractivity contribution in [2.24, 2.45) is 0 Å². The lowest BCUT2D eigenvalue weighted by molar-refractivity contribution is -0.0111. The monoisotopic (exact) mass is 240 g/mol. The van der Waals surface area contributed by atoms with E-state index < -0.39 is 19.6 Å². The zero-order valence-electron chi connectivity index (χ0n) is 7.34. The van der Waals surface area contributed by atoms with Crippen molar-refractivity contribution in [1.29, 1.82) is 5.41 Å². The summed E-state index contributed by atoms with van der Waals surface area (Å²) in [6.07, 6.45) is -0.202. The summed E-state index contributed by atoms with van der Waals surface area (Å²) in [6, 6.07) is 0. The van der Waals surface area contributed by atoms with Gasteiger partial charge in [-0.1, -0.05) is 12.2 Å². The van der Waals surface area contributed by atoms with E-state index in [4.69, 9.17) is 14.7 Å². The SMILES string of the molecule is N=CN[C@@H]1O[C@H](CO[PH](=O)S)C[C@H]1O. The van der Waals surface area contributed by atoms with Crippen LogP contribution in [0.5, 0.6) is 0 Å². The molecule has 4 atom stereocenters. The first-order valence-electron chi connectivity index (χ1n) is 4.07. The van der Waals surface area contributed by atoms with Crippen LogP contribution >= 0.6 is 19.5 Å². The van der Waals surface area contributed by atoms with Crippen molar-refractivity contribution in [2.45, 2.75) is 24.9 Å². The molecule has 0 aromatic heterocycles. The van der Waals surface area contributed by atoms with Crippen molar-refractivity contribution >= 4 is 25.8 Å². The number of aliphatic hydroxyl groups is 1. The van der Waals surface area contributed by atoms with E-state index in [-0.39, 0.29) is 12.7 Å². The van der Waals surface area contributed by atoms with Crippen molar-refractivity contribution in [3.8, 4) is 0 Å². The number of hydrogen-bond acceptors (Lipinski definition) is 5. The van der Waals surface area contributed by atoms with Gasteiger partial charge in [0.2, 0.25) is 7.23 Å². The van der Waals surface area contributed by atoms with E-state index in [1.807, 2.05) is 0 Å². The van der Waals surface area contributed by atoms with Crippen molar-refractivity contribution < 1.29 is 18.9 Å². The van der Waals surface area contributed by atoms with Gasteiger partial charge in [0.05, 0.1) is 19.0 Å². The van der Waals surface area contributed by atoms with Gasteiger partial charge in [-0.25, -0.2) is 0 Å². The molecule has 0 aromatic carbocycles. The topological polar surface area (TPSA) is 91.6 Å². The molecule has 1 unspecified atom stereocenters. The molecule has 6 nitrogen and oxygen atoms in total. The summed E-state index contributed by atoms with van der Waals surface area (Å²) in [5.41, 5.74) is 0. The molecule has 1 rings (SSSR count). The minimum absolute atomic E-state index is 0.147. The third kappa shape index (κ3) is 3.59. The van der Waals surface area contributed by atoms with Gasteiger partial charge in [-0.15, -0.1) is 0 Å². The first kappa shape index (κ1) is 12.0. The highest BCUT2D eigenvalue weighted by molar-refractivity contribution is 8.39. The summed E-state index contributed by atoms with van der Waals surface area (Å²) in [4.78, 5) is 0. The molecule has 1 saturated heterocycles. The van der Waals surface area contributed by atoms with Crippen LogP contribution in [0.1, 0.15) is 6.42 Å². The van der Waals surface area contributed by atoms with Gasteiger partial charge >= 0.3 is 0 Å². The van der Waals surface area contributed by atoms with E-state index in [9.17, 15) is 9.67 Å². The summed E-state index contributed by atoms with van der Waals surface area (Å²) in [7, 11) is -2.25. The molecule has 8 heteroatoms. The number of thiol groups is 1. The lowest BCUT2D eigenvalue weighted by Gasteiger charge is -2.13. The van der Waals surface area contributed by atoms with E-state index in [0.29, 0.717) is 6.42 Å². The Morgan fingerprint density at radius 3 is 3.14 bits per heavy atom. The first-order valence-corrected chi connectivity index (χ1v) is 6.68. The summed E-state index contributed by atoms with van der Waals surface area (Å²) < 4.78 is 20.6. The predicted molar refractivity (Wildman–Crippen MR) is 55.1 cm³/mol. The normalized spacial score (nSPS) is 34.0. The van der Waals surface area contributed by atoms with Crippen LogP contribution in [0.25, 0.3) is 0 Å². The Labute approximate surface area is 87.5 Å². The van der Waals surface area contributed by atoms with Gasteiger partial charge < -0.3 is 19.7 Å². The third-order valence-corrected chi connectivity index (χ3v) is 2.63. The Morgan fingerprint density at radius 2 is 2.57 bits per heavy atom. The van der Waals surface area contributed by atoms with E-state index in [1.165, 1.54) is 0 Å². The number of ether oxygens (including phenoxy) is 1. The number of hydrogen-bond donors (Lipinski definition) is 4. The van der Waals surface area contributed by atoms with Crippen LogP contribution in [0.4, 0.5) is 0 Å². The van der Waals surface area contributed by atoms with Crippen LogP contribution in [-0.4, -0.2) is 36.5 Å². The fourth-order valence-electron chi connectivity index (χ4n) is 1.25. The second kappa shape index (κ2) is 5.72. The van der Waals surface area contributed by atoms with Gasteiger partial charge in [-0.3, -0.25) is 9.97 Å². The van der Waals surface area contributed by atoms with Crippen molar-refractivity contribution in [3.05, 3.63) is 0 Å². The standard InChI is InChI=1S/C6H13N2O4PS/c7-3-8-6-5(9)1-4(12-6)2-11-13(10)14/h3-6,9,13H,1-2H2,(H2,7,8)(H,10,14)/t4-,5+,6+/m0/s1. The molecule has 0 radical (unpaired) electrons. The molecular formula is C6H13N2O4PS. The van der Waals surface area contributed by atoms with Crippen molar-refractivity contribution in [1.82, 2.24) is 5.32 Å². The van der Waals surface area contributed by atoms with Crippen LogP contribution in [0, 0.1) is 5.41 Å². The highest BCUT2D eigenvalue weighted by Crippen LogP contribution is 2.29. The van der Waals surface area contributed by atoms with Crippen LogP contribution in [-0.2, 0) is 13.8 Å². The Kier molecular flexibility index (Phi) is 4.91. The maximum absolute atomic E-state index is 10.5. The van der Waals surface area contributed by atoms with E-state index >= 15 is 0 Å². The molecule has 0 saturated carbocycles. The molecule has 0 spiro atoms. The van der Waals surface area contributed by atoms with Gasteiger partial charge in [0.1, 0.15) is 6.10 Å². The summed E-state index contributed by atoms with van der Waals surface area (Å²) >= 11 is 3.61. The minimum Gasteiger partial charge on any atom is -0.388 e. The average Bonchev–Trinajstić information content (AvgIpc) is 2.45. The Morgan fingerprint density at radius 1 is 1.86 bits per heavy atom. The molecule has 82 valence electrons. The molecule has 0 bridgehead atoms. The Hall–Kier alpha value is -0.0700. The van der Waals surface area contributed by atoms with Gasteiger partial charge in [0.25, 0.3) is 0 Å². The summed E-state index contributed by atoms with van der Waals surface area (Å²) in [5, 5.41) is 18.7. The maximum atomic E-state index is 10.5. The fraction of sp³-hybridized carbons (Fsp3) is 0.833. The molecule has 3 N–H and O–H groups in total. The van der Waals surface area contributed by atoms with Gasteiger partial charge in [-0.2, -0.15) is 0 Å². The molecule has 1 fully saturated rings. The van der Waals surface area contributed by atoms with Crippen molar-refractivity contribution in [2.75, 3.05) is 6.61 Å². The van der Waals surface area contributed by atoms with Gasteiger partial charge in [0, 0.05) is 6.42 Å². The molecule has 0 aromatic rings. The molecule has 14 heavy (non-hydrogen) atoms. The number of rotatable bonds is 5. The second-order valence-corrected chi connectivity index (χ2v) is 4.79. The summed E-state index contributed by atoms with van der Waals surface area (Å²) in [5.74, 6) is 0. The highest BCUT2D eigenvalue weighted by atomic mass is 32.7. The Bertz CT molecular complexity index is 230. The maximum Gasteiger partial charge on any atom is 0.243 e. The quantitative estimate of drug-likeness (QED) is 0.235. The van der Waals surface area contributed by atoms with Gasteiger partial charge in [-0.05, 0) is 0 Å². The van der Waals surface area contributed by atoms with Crippen molar-refractivity contribution in [3.63, 3.8) is 0 Å². The number of nitrogens with one attached hydrogen (secondary N) is 2. The molecule has 0 aliphatic carbocycles. The summed E-state index contributed by atoms with van der Waals surface area (Å²) in [6.45, 7) is 0.147. The van der Waals surface area contributed by atoms with E-state index in [2.05, 4.69) is 17.6 Å². The fourth-order valence-corrected chi connectivity index (χ4v) is 1.80. The zero-order valence-corrected chi connectivity index (χ0v) is 9.24. The van der Waals surface area contributed by atoms with Crippen LogP contribution in [0.15, 0.2) is 0 Å². The molecule has 1 aliphatic heterocycles. The lowest BCUT2D eigenvalue weighted by atomic mass is 10.2. The molecular weight excluding hydrogens is 227 g/mol. The predicted octanol–water partition coefficient (Wildman–Crippen LogP) is -0.00493. The smallest absolute Gasteiger partial charge is 0.243 e. The van der Waals surface area contributed by atoms with E-state index in [1.54, 1.807) is 0 Å². The van der Waals surface area contributed by atoms with Crippen LogP contribution in [0.3, 0.4) is 0 Å². The first-order chi connectivity index (χ1) is 6.63. The number of aliphatic hydroxyl groups excluding tert-OH is 1. The van der Waals surface area contributed by atoms with Crippen LogP contribution < -0.4 is 5.32 Å². The molecule has 1 heterocycles. The molecule has 1 aliphatic rings. The van der Waals surface area contributed by atoms with Crippen LogP contribution in [0.2, 0.25) is 0 Å². The Balaban J connectivity index is 2.30. The van der Waals surface area contributed by atoms with Gasteiger partial charge in [0.15, 0.2) is 6.23 Å². The third-order valence-electron chi connectivity index (χ3n) is 1.83. The van der Waals surface area contributed by atoms with E-state index in [0.717, 1.165) is 6.34 Å². The minimum atomic E-state index is -2.25.